The average Bonchev–Trinajstić information content (AvgIpc) is 2.87. The van der Waals surface area contributed by atoms with Crippen LogP contribution in [0.5, 0.6) is 5.75 Å². The zero-order valence-corrected chi connectivity index (χ0v) is 21.2. The molecular weight excluding hydrogens is 478 g/mol. The summed E-state index contributed by atoms with van der Waals surface area (Å²) in [4.78, 5) is 13.2. The minimum Gasteiger partial charge on any atom is -0.497 e. The summed E-state index contributed by atoms with van der Waals surface area (Å²) in [5.41, 5.74) is 2.79. The third-order valence-electron chi connectivity index (χ3n) is 6.22. The molecule has 0 radical (unpaired) electrons. The van der Waals surface area contributed by atoms with Crippen molar-refractivity contribution in [1.82, 2.24) is 9.03 Å². The van der Waals surface area contributed by atoms with Gasteiger partial charge in [0.25, 0.3) is 10.2 Å². The van der Waals surface area contributed by atoms with Gasteiger partial charge in [-0.25, -0.2) is 0 Å². The number of fused-ring (bicyclic) bond motifs is 1. The zero-order valence-electron chi connectivity index (χ0n) is 20.4. The number of carbonyl (C=O) groups is 1. The smallest absolute Gasteiger partial charge is 0.321 e. The summed E-state index contributed by atoms with van der Waals surface area (Å²) < 4.78 is 33.9. The quantitative estimate of drug-likeness (QED) is 0.498. The first-order chi connectivity index (χ1) is 17.2. The Morgan fingerprint density at radius 1 is 1.03 bits per heavy atom. The molecule has 1 heterocycles. The van der Waals surface area contributed by atoms with Crippen molar-refractivity contribution in [2.75, 3.05) is 31.6 Å². The van der Waals surface area contributed by atoms with E-state index >= 15 is 0 Å². The van der Waals surface area contributed by atoms with Crippen molar-refractivity contribution in [3.8, 4) is 17.6 Å². The first kappa shape index (κ1) is 25.5. The van der Waals surface area contributed by atoms with Crippen LogP contribution in [-0.2, 0) is 15.0 Å². The summed E-state index contributed by atoms with van der Waals surface area (Å²) >= 11 is 0. The van der Waals surface area contributed by atoms with Gasteiger partial charge < -0.3 is 14.7 Å². The molecule has 2 atom stereocenters. The highest BCUT2D eigenvalue weighted by Crippen LogP contribution is 2.23. The largest absolute Gasteiger partial charge is 0.497 e. The lowest BCUT2D eigenvalue weighted by Crippen LogP contribution is -2.57. The number of nitrogens with one attached hydrogen (secondary N) is 1. The highest BCUT2D eigenvalue weighted by molar-refractivity contribution is 7.87. The molecular formula is C27H29N3O5S. The second-order valence-corrected chi connectivity index (χ2v) is 10.5. The van der Waals surface area contributed by atoms with Gasteiger partial charge >= 0.3 is 5.97 Å². The maximum atomic E-state index is 12.5. The van der Waals surface area contributed by atoms with Crippen molar-refractivity contribution in [2.45, 2.75) is 25.9 Å². The number of carboxylic acid groups (broad SMARTS) is 1. The van der Waals surface area contributed by atoms with Gasteiger partial charge in [0.1, 0.15) is 11.8 Å². The van der Waals surface area contributed by atoms with Crippen LogP contribution in [0, 0.1) is 11.8 Å². The van der Waals surface area contributed by atoms with Gasteiger partial charge in [0.15, 0.2) is 0 Å². The molecule has 0 bridgehead atoms. The van der Waals surface area contributed by atoms with E-state index in [1.165, 1.54) is 11.2 Å². The van der Waals surface area contributed by atoms with Gasteiger partial charge in [-0.15, -0.1) is 0 Å². The summed E-state index contributed by atoms with van der Waals surface area (Å²) in [5.74, 6) is 6.03. The minimum absolute atomic E-state index is 0.0800. The number of carboxylic acids is 1. The van der Waals surface area contributed by atoms with Crippen molar-refractivity contribution in [2.24, 2.45) is 0 Å². The number of rotatable bonds is 6. The molecule has 2 unspecified atom stereocenters. The number of nitrogens with zero attached hydrogens (tertiary/aromatic N) is 2. The molecule has 188 valence electrons. The molecule has 2 N–H and O–H groups in total. The molecule has 0 aromatic heterocycles. The number of anilines is 1. The van der Waals surface area contributed by atoms with E-state index in [4.69, 9.17) is 9.84 Å². The molecule has 36 heavy (non-hydrogen) atoms. The fourth-order valence-electron chi connectivity index (χ4n) is 4.18. The Morgan fingerprint density at radius 2 is 1.67 bits per heavy atom. The van der Waals surface area contributed by atoms with Crippen LogP contribution >= 0.6 is 0 Å². The Kier molecular flexibility index (Phi) is 7.50. The molecule has 1 aliphatic rings. The molecule has 3 aromatic rings. The van der Waals surface area contributed by atoms with Gasteiger partial charge in [-0.3, -0.25) is 4.79 Å². The average molecular weight is 508 g/mol. The Labute approximate surface area is 211 Å². The Bertz CT molecular complexity index is 1430. The highest BCUT2D eigenvalue weighted by Gasteiger charge is 2.33. The molecule has 9 heteroatoms. The molecule has 8 nitrogen and oxygen atoms in total. The first-order valence-electron chi connectivity index (χ1n) is 11.6. The number of methoxy groups -OCH3 is 1. The second kappa shape index (κ2) is 10.6. The lowest BCUT2D eigenvalue weighted by Gasteiger charge is -2.40. The number of hydrogen-bond acceptors (Lipinski definition) is 5. The molecule has 0 aliphatic carbocycles. The number of hydrogen-bond donors (Lipinski definition) is 2. The van der Waals surface area contributed by atoms with Crippen molar-refractivity contribution >= 4 is 32.6 Å². The van der Waals surface area contributed by atoms with Crippen LogP contribution in [0.2, 0.25) is 0 Å². The summed E-state index contributed by atoms with van der Waals surface area (Å²) in [6, 6.07) is 18.6. The van der Waals surface area contributed by atoms with E-state index in [0.717, 1.165) is 33.3 Å². The zero-order chi connectivity index (χ0) is 25.9. The van der Waals surface area contributed by atoms with Crippen LogP contribution in [-0.4, -0.2) is 62.6 Å². The SMILES string of the molecule is COc1ccc2cc(C#Cc3ccc(N4CCN(S(=O)(=O)NC(C)C(=O)O)CC4C)cc3)ccc2c1. The van der Waals surface area contributed by atoms with E-state index in [9.17, 15) is 13.2 Å². The topological polar surface area (TPSA) is 99.2 Å². The van der Waals surface area contributed by atoms with Crippen molar-refractivity contribution in [3.05, 3.63) is 71.8 Å². The Morgan fingerprint density at radius 3 is 2.33 bits per heavy atom. The molecule has 1 aliphatic heterocycles. The van der Waals surface area contributed by atoms with Gasteiger partial charge in [-0.1, -0.05) is 24.0 Å². The summed E-state index contributed by atoms with van der Waals surface area (Å²) in [5, 5.41) is 11.2. The van der Waals surface area contributed by atoms with E-state index in [-0.39, 0.29) is 19.1 Å². The minimum atomic E-state index is -3.87. The van der Waals surface area contributed by atoms with E-state index in [2.05, 4.69) is 27.5 Å². The number of aliphatic carboxylic acids is 1. The van der Waals surface area contributed by atoms with Crippen molar-refractivity contribution < 1.29 is 23.1 Å². The lowest BCUT2D eigenvalue weighted by atomic mass is 10.1. The number of benzene rings is 3. The molecule has 0 saturated carbocycles. The van der Waals surface area contributed by atoms with Crippen LogP contribution in [0.25, 0.3) is 10.8 Å². The van der Waals surface area contributed by atoms with E-state index in [0.29, 0.717) is 6.54 Å². The fourth-order valence-corrected chi connectivity index (χ4v) is 5.61. The van der Waals surface area contributed by atoms with E-state index in [1.807, 2.05) is 61.5 Å². The maximum Gasteiger partial charge on any atom is 0.321 e. The van der Waals surface area contributed by atoms with Gasteiger partial charge in [-0.2, -0.15) is 17.4 Å². The highest BCUT2D eigenvalue weighted by atomic mass is 32.2. The van der Waals surface area contributed by atoms with Crippen LogP contribution in [0.4, 0.5) is 5.69 Å². The second-order valence-electron chi connectivity index (χ2n) is 8.81. The van der Waals surface area contributed by atoms with Crippen molar-refractivity contribution in [1.29, 1.82) is 0 Å². The molecule has 4 rings (SSSR count). The van der Waals surface area contributed by atoms with Crippen molar-refractivity contribution in [3.63, 3.8) is 0 Å². The van der Waals surface area contributed by atoms with Gasteiger partial charge in [-0.05, 0) is 73.2 Å². The van der Waals surface area contributed by atoms with Crippen LogP contribution in [0.1, 0.15) is 25.0 Å². The maximum absolute atomic E-state index is 12.5. The van der Waals surface area contributed by atoms with Gasteiger partial charge in [0, 0.05) is 42.5 Å². The normalized spacial score (nSPS) is 17.3. The Hall–Kier alpha value is -3.58. The third kappa shape index (κ3) is 5.79. The molecule has 1 saturated heterocycles. The molecule has 0 amide bonds. The van der Waals surface area contributed by atoms with E-state index in [1.54, 1.807) is 7.11 Å². The van der Waals surface area contributed by atoms with E-state index < -0.39 is 22.2 Å². The molecule has 0 spiro atoms. The standard InChI is InChI=1S/C27H29N3O5S/c1-19-18-29(36(33,34)28-20(2)27(31)32)14-15-30(19)25-11-7-21(8-12-25)4-5-22-6-9-24-17-26(35-3)13-10-23(24)16-22/h6-13,16-17,19-20,28H,14-15,18H2,1-3H3,(H,31,32). The lowest BCUT2D eigenvalue weighted by molar-refractivity contribution is -0.138. The Balaban J connectivity index is 1.41. The number of piperazine rings is 1. The summed E-state index contributed by atoms with van der Waals surface area (Å²) in [6.45, 7) is 4.28. The molecule has 1 fully saturated rings. The predicted octanol–water partition coefficient (Wildman–Crippen LogP) is 3.07. The first-order valence-corrected chi connectivity index (χ1v) is 13.1. The predicted molar refractivity (Wildman–Crippen MR) is 140 cm³/mol. The van der Waals surface area contributed by atoms with Gasteiger partial charge in [0.2, 0.25) is 0 Å². The fraction of sp³-hybridized carbons (Fsp3) is 0.296. The summed E-state index contributed by atoms with van der Waals surface area (Å²) in [6.07, 6.45) is 0. The summed E-state index contributed by atoms with van der Waals surface area (Å²) in [7, 11) is -2.22. The monoisotopic (exact) mass is 507 g/mol. The number of ether oxygens (including phenoxy) is 1. The molecule has 3 aromatic carbocycles. The van der Waals surface area contributed by atoms with Gasteiger partial charge in [0.05, 0.1) is 7.11 Å². The van der Waals surface area contributed by atoms with Crippen LogP contribution in [0.3, 0.4) is 0 Å². The van der Waals surface area contributed by atoms with Crippen LogP contribution < -0.4 is 14.4 Å². The van der Waals surface area contributed by atoms with Crippen LogP contribution in [0.15, 0.2) is 60.7 Å². The third-order valence-corrected chi connectivity index (χ3v) is 7.89.